The summed E-state index contributed by atoms with van der Waals surface area (Å²) in [6, 6.07) is 7.70. The Labute approximate surface area is 117 Å². The molecule has 0 aliphatic carbocycles. The fraction of sp³-hybridized carbons (Fsp3) is 0.333. The van der Waals surface area contributed by atoms with Crippen LogP contribution in [0, 0.1) is 0 Å². The van der Waals surface area contributed by atoms with Crippen molar-refractivity contribution < 1.29 is 4.79 Å². The zero-order valence-electron chi connectivity index (χ0n) is 11.7. The van der Waals surface area contributed by atoms with Gasteiger partial charge in [-0.05, 0) is 26.0 Å². The van der Waals surface area contributed by atoms with Gasteiger partial charge in [0, 0.05) is 30.4 Å². The number of fused-ring (bicyclic) bond motifs is 1. The number of para-hydroxylation sites is 1. The number of pyridine rings is 1. The highest BCUT2D eigenvalue weighted by Crippen LogP contribution is 2.33. The third-order valence-corrected chi connectivity index (χ3v) is 3.92. The fourth-order valence-corrected chi connectivity index (χ4v) is 2.74. The number of amides is 1. The van der Waals surface area contributed by atoms with Crippen molar-refractivity contribution in [1.82, 2.24) is 10.3 Å². The number of carbonyl (C=O) groups excluding carboxylic acids is 1. The molecule has 0 saturated carbocycles. The van der Waals surface area contributed by atoms with Gasteiger partial charge in [0.15, 0.2) is 0 Å². The van der Waals surface area contributed by atoms with Gasteiger partial charge in [0.1, 0.15) is 5.54 Å². The lowest BCUT2D eigenvalue weighted by Gasteiger charge is -2.43. The molecule has 0 bridgehead atoms. The monoisotopic (exact) mass is 270 g/mol. The predicted octanol–water partition coefficient (Wildman–Crippen LogP) is 1.53. The number of nitrogens with two attached hydrogens (primary N) is 1. The summed E-state index contributed by atoms with van der Waals surface area (Å²) in [5.41, 5.74) is 7.85. The van der Waals surface area contributed by atoms with Crippen molar-refractivity contribution in [2.75, 3.05) is 23.7 Å². The van der Waals surface area contributed by atoms with Crippen molar-refractivity contribution in [2.45, 2.75) is 19.4 Å². The Kier molecular flexibility index (Phi) is 2.78. The molecular weight excluding hydrogens is 252 g/mol. The van der Waals surface area contributed by atoms with Crippen LogP contribution in [0.25, 0.3) is 10.9 Å². The molecule has 1 amide bonds. The SMILES string of the molecule is CC1(C)C(=O)NCCN1c1ccnc2c(N)cccc12. The van der Waals surface area contributed by atoms with Crippen LogP contribution in [-0.4, -0.2) is 29.5 Å². The Hall–Kier alpha value is -2.30. The lowest BCUT2D eigenvalue weighted by molar-refractivity contribution is -0.126. The third kappa shape index (κ3) is 1.78. The van der Waals surface area contributed by atoms with Crippen LogP contribution in [0.3, 0.4) is 0 Å². The van der Waals surface area contributed by atoms with E-state index in [9.17, 15) is 4.79 Å². The highest BCUT2D eigenvalue weighted by atomic mass is 16.2. The molecule has 0 unspecified atom stereocenters. The zero-order chi connectivity index (χ0) is 14.3. The van der Waals surface area contributed by atoms with E-state index in [2.05, 4.69) is 15.2 Å². The molecule has 1 aromatic heterocycles. The summed E-state index contributed by atoms with van der Waals surface area (Å²) >= 11 is 0. The molecule has 20 heavy (non-hydrogen) atoms. The van der Waals surface area contributed by atoms with Gasteiger partial charge in [-0.15, -0.1) is 0 Å². The molecule has 1 aliphatic rings. The number of rotatable bonds is 1. The summed E-state index contributed by atoms with van der Waals surface area (Å²) in [6.45, 7) is 5.28. The van der Waals surface area contributed by atoms with Crippen molar-refractivity contribution in [3.8, 4) is 0 Å². The second kappa shape index (κ2) is 4.37. The molecule has 3 rings (SSSR count). The second-order valence-corrected chi connectivity index (χ2v) is 5.54. The fourth-order valence-electron chi connectivity index (χ4n) is 2.74. The number of anilines is 2. The normalized spacial score (nSPS) is 18.1. The number of nitrogens with one attached hydrogen (secondary N) is 1. The van der Waals surface area contributed by atoms with E-state index < -0.39 is 5.54 Å². The average Bonchev–Trinajstić information content (AvgIpc) is 2.42. The molecule has 0 radical (unpaired) electrons. The van der Waals surface area contributed by atoms with Crippen molar-refractivity contribution in [1.29, 1.82) is 0 Å². The summed E-state index contributed by atoms with van der Waals surface area (Å²) in [4.78, 5) is 18.6. The van der Waals surface area contributed by atoms with E-state index in [0.717, 1.165) is 23.1 Å². The minimum Gasteiger partial charge on any atom is -0.397 e. The van der Waals surface area contributed by atoms with Crippen molar-refractivity contribution in [3.63, 3.8) is 0 Å². The molecule has 3 N–H and O–H groups in total. The van der Waals surface area contributed by atoms with Crippen LogP contribution in [0.1, 0.15) is 13.8 Å². The van der Waals surface area contributed by atoms with Gasteiger partial charge in [-0.3, -0.25) is 9.78 Å². The van der Waals surface area contributed by atoms with Gasteiger partial charge < -0.3 is 16.0 Å². The first kappa shape index (κ1) is 12.7. The number of hydrogen-bond acceptors (Lipinski definition) is 4. The van der Waals surface area contributed by atoms with E-state index in [-0.39, 0.29) is 5.91 Å². The maximum atomic E-state index is 12.1. The van der Waals surface area contributed by atoms with E-state index >= 15 is 0 Å². The Balaban J connectivity index is 2.19. The van der Waals surface area contributed by atoms with Crippen LogP contribution >= 0.6 is 0 Å². The number of aromatic nitrogens is 1. The van der Waals surface area contributed by atoms with Gasteiger partial charge in [-0.2, -0.15) is 0 Å². The van der Waals surface area contributed by atoms with Crippen LogP contribution < -0.4 is 16.0 Å². The highest BCUT2D eigenvalue weighted by Gasteiger charge is 2.38. The van der Waals surface area contributed by atoms with E-state index in [0.29, 0.717) is 12.2 Å². The summed E-state index contributed by atoms with van der Waals surface area (Å²) in [6.07, 6.45) is 1.75. The largest absolute Gasteiger partial charge is 0.397 e. The quantitative estimate of drug-likeness (QED) is 0.771. The van der Waals surface area contributed by atoms with Crippen LogP contribution in [0.4, 0.5) is 11.4 Å². The average molecular weight is 270 g/mol. The second-order valence-electron chi connectivity index (χ2n) is 5.54. The number of carbonyl (C=O) groups is 1. The molecule has 1 aromatic carbocycles. The Bertz CT molecular complexity index is 681. The number of hydrogen-bond donors (Lipinski definition) is 2. The Morgan fingerprint density at radius 1 is 1.35 bits per heavy atom. The summed E-state index contributed by atoms with van der Waals surface area (Å²) < 4.78 is 0. The molecule has 1 saturated heterocycles. The molecule has 5 heteroatoms. The van der Waals surface area contributed by atoms with Crippen LogP contribution in [0.5, 0.6) is 0 Å². The Morgan fingerprint density at radius 2 is 2.15 bits per heavy atom. The van der Waals surface area contributed by atoms with Gasteiger partial charge in [0.05, 0.1) is 11.2 Å². The molecular formula is C15H18N4O. The third-order valence-electron chi connectivity index (χ3n) is 3.92. The van der Waals surface area contributed by atoms with Gasteiger partial charge in [0.2, 0.25) is 5.91 Å². The molecule has 2 heterocycles. The van der Waals surface area contributed by atoms with Gasteiger partial charge in [0.25, 0.3) is 0 Å². The first-order valence-electron chi connectivity index (χ1n) is 6.71. The molecule has 1 aliphatic heterocycles. The summed E-state index contributed by atoms with van der Waals surface area (Å²) in [5.74, 6) is 0.0395. The van der Waals surface area contributed by atoms with E-state index in [1.54, 1.807) is 6.20 Å². The molecule has 1 fully saturated rings. The van der Waals surface area contributed by atoms with Gasteiger partial charge in [-0.1, -0.05) is 12.1 Å². The molecule has 104 valence electrons. The predicted molar refractivity (Wildman–Crippen MR) is 80.6 cm³/mol. The first-order valence-corrected chi connectivity index (χ1v) is 6.71. The first-order chi connectivity index (χ1) is 9.51. The minimum absolute atomic E-state index is 0.0395. The Morgan fingerprint density at radius 3 is 2.95 bits per heavy atom. The highest BCUT2D eigenvalue weighted by molar-refractivity contribution is 6.00. The maximum absolute atomic E-state index is 12.1. The zero-order valence-corrected chi connectivity index (χ0v) is 11.7. The molecule has 0 atom stereocenters. The van der Waals surface area contributed by atoms with Gasteiger partial charge in [-0.25, -0.2) is 0 Å². The molecule has 0 spiro atoms. The lowest BCUT2D eigenvalue weighted by atomic mass is 9.97. The topological polar surface area (TPSA) is 71.2 Å². The molecule has 5 nitrogen and oxygen atoms in total. The maximum Gasteiger partial charge on any atom is 0.245 e. The van der Waals surface area contributed by atoms with Crippen molar-refractivity contribution >= 4 is 28.2 Å². The lowest BCUT2D eigenvalue weighted by Crippen LogP contribution is -2.62. The van der Waals surface area contributed by atoms with Crippen molar-refractivity contribution in [3.05, 3.63) is 30.5 Å². The molecule has 2 aromatic rings. The van der Waals surface area contributed by atoms with Crippen LogP contribution in [0.2, 0.25) is 0 Å². The van der Waals surface area contributed by atoms with Crippen LogP contribution in [-0.2, 0) is 4.79 Å². The van der Waals surface area contributed by atoms with E-state index in [1.165, 1.54) is 0 Å². The van der Waals surface area contributed by atoms with Crippen LogP contribution in [0.15, 0.2) is 30.5 Å². The smallest absolute Gasteiger partial charge is 0.245 e. The standard InChI is InChI=1S/C15H18N4O/c1-15(2)14(20)18-8-9-19(15)12-6-7-17-13-10(12)4-3-5-11(13)16/h3-7H,8-9,16H2,1-2H3,(H,18,20). The number of nitrogen functional groups attached to an aromatic ring is 1. The number of piperazine rings is 1. The van der Waals surface area contributed by atoms with Crippen molar-refractivity contribution in [2.24, 2.45) is 0 Å². The summed E-state index contributed by atoms with van der Waals surface area (Å²) in [7, 11) is 0. The minimum atomic E-state index is -0.586. The summed E-state index contributed by atoms with van der Waals surface area (Å²) in [5, 5.41) is 3.89. The van der Waals surface area contributed by atoms with Gasteiger partial charge >= 0.3 is 0 Å². The number of nitrogens with zero attached hydrogens (tertiary/aromatic N) is 2. The van der Waals surface area contributed by atoms with E-state index in [1.807, 2.05) is 38.1 Å². The number of benzene rings is 1. The van der Waals surface area contributed by atoms with E-state index in [4.69, 9.17) is 5.73 Å².